The summed E-state index contributed by atoms with van der Waals surface area (Å²) in [7, 11) is 0. The van der Waals surface area contributed by atoms with Gasteiger partial charge < -0.3 is 23.4 Å². The molecule has 2 aromatic carbocycles. The Balaban J connectivity index is 1.47. The Morgan fingerprint density at radius 2 is 1.89 bits per heavy atom. The van der Waals surface area contributed by atoms with Crippen molar-refractivity contribution in [2.75, 3.05) is 13.4 Å². The lowest BCUT2D eigenvalue weighted by atomic mass is 9.89. The van der Waals surface area contributed by atoms with Crippen molar-refractivity contribution in [3.63, 3.8) is 0 Å². The Kier molecular flexibility index (Phi) is 3.43. The molecular weight excluding hydrogens is 360 g/mol. The molecule has 2 atom stereocenters. The van der Waals surface area contributed by atoms with Gasteiger partial charge in [0.25, 0.3) is 0 Å². The van der Waals surface area contributed by atoms with Gasteiger partial charge in [-0.25, -0.2) is 0 Å². The lowest BCUT2D eigenvalue weighted by Crippen LogP contribution is -2.38. The quantitative estimate of drug-likeness (QED) is 0.640. The molecule has 0 radical (unpaired) electrons. The third-order valence-corrected chi connectivity index (χ3v) is 5.78. The third-order valence-electron chi connectivity index (χ3n) is 5.78. The molecule has 0 aliphatic carbocycles. The summed E-state index contributed by atoms with van der Waals surface area (Å²) in [5.74, 6) is 2.36. The van der Waals surface area contributed by atoms with Crippen LogP contribution in [0.15, 0.2) is 45.8 Å². The van der Waals surface area contributed by atoms with Gasteiger partial charge in [-0.05, 0) is 49.1 Å². The fourth-order valence-electron chi connectivity index (χ4n) is 4.34. The molecule has 3 aliphatic rings. The first-order chi connectivity index (χ1) is 13.8. The highest BCUT2D eigenvalue weighted by atomic mass is 16.7. The summed E-state index contributed by atoms with van der Waals surface area (Å²) >= 11 is 0. The highest BCUT2D eigenvalue weighted by Crippen LogP contribution is 2.40. The minimum absolute atomic E-state index is 0.0649. The maximum Gasteiger partial charge on any atom is 0.231 e. The fourth-order valence-corrected chi connectivity index (χ4v) is 4.34. The first-order valence-corrected chi connectivity index (χ1v) is 9.53. The highest BCUT2D eigenvalue weighted by Gasteiger charge is 2.34. The smallest absolute Gasteiger partial charge is 0.231 e. The van der Waals surface area contributed by atoms with Crippen molar-refractivity contribution in [3.8, 4) is 28.4 Å². The molecule has 3 aliphatic heterocycles. The zero-order chi connectivity index (χ0) is 18.7. The summed E-state index contributed by atoms with van der Waals surface area (Å²) in [5.41, 5.74) is 2.75. The predicted octanol–water partition coefficient (Wildman–Crippen LogP) is 3.88. The van der Waals surface area contributed by atoms with Gasteiger partial charge in [-0.1, -0.05) is 6.07 Å². The molecule has 28 heavy (non-hydrogen) atoms. The van der Waals surface area contributed by atoms with E-state index in [0.717, 1.165) is 42.7 Å². The van der Waals surface area contributed by atoms with Gasteiger partial charge in [0.2, 0.25) is 18.5 Å². The van der Waals surface area contributed by atoms with Crippen LogP contribution in [0, 0.1) is 5.92 Å². The Bertz CT molecular complexity index is 1150. The van der Waals surface area contributed by atoms with Crippen LogP contribution in [-0.4, -0.2) is 19.7 Å². The SMILES string of the molecule is O=c1c(-c2ccc3c(c2)OCO3)coc2c3c(ccc12)OC1OCCCC1C3. The van der Waals surface area contributed by atoms with E-state index in [1.807, 2.05) is 24.3 Å². The highest BCUT2D eigenvalue weighted by molar-refractivity contribution is 5.86. The predicted molar refractivity (Wildman–Crippen MR) is 101 cm³/mol. The first-order valence-electron chi connectivity index (χ1n) is 9.53. The normalized spacial score (nSPS) is 22.4. The van der Waals surface area contributed by atoms with E-state index in [4.69, 9.17) is 23.4 Å². The van der Waals surface area contributed by atoms with E-state index in [1.165, 1.54) is 6.26 Å². The van der Waals surface area contributed by atoms with Crippen LogP contribution in [0.25, 0.3) is 22.1 Å². The van der Waals surface area contributed by atoms with Crippen molar-refractivity contribution >= 4 is 11.0 Å². The van der Waals surface area contributed by atoms with E-state index < -0.39 is 0 Å². The molecule has 1 aromatic heterocycles. The second kappa shape index (κ2) is 6.01. The maximum atomic E-state index is 13.2. The van der Waals surface area contributed by atoms with Gasteiger partial charge in [0.15, 0.2) is 11.5 Å². The van der Waals surface area contributed by atoms with Gasteiger partial charge in [-0.15, -0.1) is 0 Å². The van der Waals surface area contributed by atoms with Crippen LogP contribution < -0.4 is 19.6 Å². The summed E-state index contributed by atoms with van der Waals surface area (Å²) in [6.45, 7) is 0.932. The molecule has 0 amide bonds. The molecule has 142 valence electrons. The van der Waals surface area contributed by atoms with Gasteiger partial charge >= 0.3 is 0 Å². The number of rotatable bonds is 1. The van der Waals surface area contributed by atoms with E-state index >= 15 is 0 Å². The van der Waals surface area contributed by atoms with Crippen molar-refractivity contribution in [2.45, 2.75) is 25.6 Å². The molecule has 1 saturated heterocycles. The Morgan fingerprint density at radius 3 is 2.86 bits per heavy atom. The van der Waals surface area contributed by atoms with Crippen LogP contribution in [0.3, 0.4) is 0 Å². The fraction of sp³-hybridized carbons (Fsp3) is 0.318. The molecule has 0 saturated carbocycles. The summed E-state index contributed by atoms with van der Waals surface area (Å²) < 4.78 is 28.5. The van der Waals surface area contributed by atoms with Crippen molar-refractivity contribution in [3.05, 3.63) is 52.4 Å². The molecule has 0 bridgehead atoms. The van der Waals surface area contributed by atoms with Crippen molar-refractivity contribution < 1.29 is 23.4 Å². The molecular formula is C22H18O6. The molecule has 6 rings (SSSR count). The Morgan fingerprint density at radius 1 is 1.00 bits per heavy atom. The summed E-state index contributed by atoms with van der Waals surface area (Å²) in [4.78, 5) is 13.2. The number of benzene rings is 2. The summed E-state index contributed by atoms with van der Waals surface area (Å²) in [5, 5.41) is 0.563. The van der Waals surface area contributed by atoms with Gasteiger partial charge in [-0.3, -0.25) is 4.79 Å². The molecule has 4 heterocycles. The average Bonchev–Trinajstić information content (AvgIpc) is 3.20. The standard InChI is InChI=1S/C22H18O6/c23-20-14-4-6-17-15(8-13-2-1-7-24-22(13)28-17)21(14)25-10-16(20)12-3-5-18-19(9-12)27-11-26-18/h3-6,9-10,13,22H,1-2,7-8,11H2. The van der Waals surface area contributed by atoms with Crippen LogP contribution >= 0.6 is 0 Å². The molecule has 6 heteroatoms. The van der Waals surface area contributed by atoms with Crippen molar-refractivity contribution in [1.29, 1.82) is 0 Å². The van der Waals surface area contributed by atoms with Gasteiger partial charge in [0, 0.05) is 11.5 Å². The largest absolute Gasteiger partial charge is 0.464 e. The molecule has 6 nitrogen and oxygen atoms in total. The second-order valence-electron chi connectivity index (χ2n) is 7.43. The van der Waals surface area contributed by atoms with Crippen molar-refractivity contribution in [1.82, 2.24) is 0 Å². The van der Waals surface area contributed by atoms with E-state index in [2.05, 4.69) is 0 Å². The van der Waals surface area contributed by atoms with Gasteiger partial charge in [-0.2, -0.15) is 0 Å². The average molecular weight is 378 g/mol. The minimum Gasteiger partial charge on any atom is -0.464 e. The van der Waals surface area contributed by atoms with Crippen molar-refractivity contribution in [2.24, 2.45) is 5.92 Å². The zero-order valence-electron chi connectivity index (χ0n) is 15.1. The lowest BCUT2D eigenvalue weighted by Gasteiger charge is -2.36. The molecule has 2 unspecified atom stereocenters. The Labute approximate surface area is 160 Å². The van der Waals surface area contributed by atoms with Crippen LogP contribution in [0.1, 0.15) is 18.4 Å². The third kappa shape index (κ3) is 2.34. The maximum absolute atomic E-state index is 13.2. The molecule has 0 spiro atoms. The minimum atomic E-state index is -0.196. The topological polar surface area (TPSA) is 67.1 Å². The van der Waals surface area contributed by atoms with Crippen LogP contribution in [0.2, 0.25) is 0 Å². The lowest BCUT2D eigenvalue weighted by molar-refractivity contribution is -0.148. The number of hydrogen-bond acceptors (Lipinski definition) is 6. The van der Waals surface area contributed by atoms with E-state index in [9.17, 15) is 4.79 Å². The number of ether oxygens (including phenoxy) is 4. The summed E-state index contributed by atoms with van der Waals surface area (Å²) in [6, 6.07) is 9.10. The second-order valence-corrected chi connectivity index (χ2v) is 7.43. The van der Waals surface area contributed by atoms with Crippen LogP contribution in [0.4, 0.5) is 0 Å². The molecule has 0 N–H and O–H groups in total. The van der Waals surface area contributed by atoms with E-state index in [0.29, 0.717) is 33.9 Å². The summed E-state index contributed by atoms with van der Waals surface area (Å²) in [6.07, 6.45) is 4.22. The van der Waals surface area contributed by atoms with E-state index in [1.54, 1.807) is 6.07 Å². The van der Waals surface area contributed by atoms with Crippen LogP contribution in [0.5, 0.6) is 17.2 Å². The number of fused-ring (bicyclic) bond motifs is 5. The Hall–Kier alpha value is -2.99. The molecule has 3 aromatic rings. The number of hydrogen-bond donors (Lipinski definition) is 0. The van der Waals surface area contributed by atoms with Crippen LogP contribution in [-0.2, 0) is 11.2 Å². The monoisotopic (exact) mass is 378 g/mol. The van der Waals surface area contributed by atoms with Gasteiger partial charge in [0.05, 0.1) is 17.6 Å². The zero-order valence-corrected chi connectivity index (χ0v) is 15.1. The van der Waals surface area contributed by atoms with Gasteiger partial charge in [0.1, 0.15) is 17.6 Å². The molecule has 1 fully saturated rings. The van der Waals surface area contributed by atoms with E-state index in [-0.39, 0.29) is 18.5 Å². The first kappa shape index (κ1) is 16.0.